The zero-order chi connectivity index (χ0) is 15.3. The van der Waals surface area contributed by atoms with Crippen LogP contribution in [0.4, 0.5) is 5.69 Å². The molecular weight excluding hydrogens is 258 g/mol. The average Bonchev–Trinajstić information content (AvgIpc) is 2.63. The summed E-state index contributed by atoms with van der Waals surface area (Å²) in [6.07, 6.45) is 0. The van der Waals surface area contributed by atoms with Gasteiger partial charge in [0.05, 0.1) is 18.2 Å². The molecule has 0 unspecified atom stereocenters. The van der Waals surface area contributed by atoms with E-state index < -0.39 is 0 Å². The number of rotatable bonds is 2. The molecule has 2 heteroatoms. The minimum Gasteiger partial charge on any atom is -0.497 e. The van der Waals surface area contributed by atoms with Gasteiger partial charge >= 0.3 is 0 Å². The van der Waals surface area contributed by atoms with Crippen LogP contribution >= 0.6 is 0 Å². The van der Waals surface area contributed by atoms with E-state index in [0.29, 0.717) is 0 Å². The van der Waals surface area contributed by atoms with E-state index in [9.17, 15) is 0 Å². The summed E-state index contributed by atoms with van der Waals surface area (Å²) in [7, 11) is 1.70. The van der Waals surface area contributed by atoms with Crippen molar-refractivity contribution >= 4 is 5.69 Å². The Hall–Kier alpha value is -1.96. The summed E-state index contributed by atoms with van der Waals surface area (Å²) in [4.78, 5) is 2.50. The number of nitrogens with zero attached hydrogens (tertiary/aromatic N) is 1. The lowest BCUT2D eigenvalue weighted by Crippen LogP contribution is -2.45. The SMILES string of the molecule is COc1ccc(N2C(C)(C)c3ccccc3C2(C)C)cc1. The molecule has 0 aliphatic carbocycles. The molecule has 0 spiro atoms. The van der Waals surface area contributed by atoms with Crippen LogP contribution in [0.2, 0.25) is 0 Å². The van der Waals surface area contributed by atoms with Crippen molar-refractivity contribution in [1.29, 1.82) is 0 Å². The van der Waals surface area contributed by atoms with Crippen LogP contribution < -0.4 is 9.64 Å². The van der Waals surface area contributed by atoms with Gasteiger partial charge in [-0.05, 0) is 63.1 Å². The molecule has 21 heavy (non-hydrogen) atoms. The molecular formula is C19H23NO. The fourth-order valence-corrected chi connectivity index (χ4v) is 3.87. The van der Waals surface area contributed by atoms with Crippen molar-refractivity contribution in [3.63, 3.8) is 0 Å². The van der Waals surface area contributed by atoms with E-state index in [1.807, 2.05) is 12.1 Å². The summed E-state index contributed by atoms with van der Waals surface area (Å²) in [5, 5.41) is 0. The molecule has 1 heterocycles. The zero-order valence-corrected chi connectivity index (χ0v) is 13.5. The van der Waals surface area contributed by atoms with E-state index in [2.05, 4.69) is 69.0 Å². The lowest BCUT2D eigenvalue weighted by molar-refractivity contribution is 0.400. The molecule has 0 radical (unpaired) electrons. The van der Waals surface area contributed by atoms with Gasteiger partial charge in [-0.2, -0.15) is 0 Å². The highest BCUT2D eigenvalue weighted by molar-refractivity contribution is 5.62. The van der Waals surface area contributed by atoms with Crippen LogP contribution in [-0.2, 0) is 11.1 Å². The molecule has 0 fully saturated rings. The topological polar surface area (TPSA) is 12.5 Å². The monoisotopic (exact) mass is 281 g/mol. The van der Waals surface area contributed by atoms with Crippen molar-refractivity contribution in [1.82, 2.24) is 0 Å². The van der Waals surface area contributed by atoms with E-state index in [1.54, 1.807) is 7.11 Å². The number of fused-ring (bicyclic) bond motifs is 1. The quantitative estimate of drug-likeness (QED) is 0.792. The van der Waals surface area contributed by atoms with E-state index in [4.69, 9.17) is 4.74 Å². The van der Waals surface area contributed by atoms with Crippen LogP contribution in [0.5, 0.6) is 5.75 Å². The Bertz CT molecular complexity index is 621. The van der Waals surface area contributed by atoms with Crippen LogP contribution in [0.3, 0.4) is 0 Å². The van der Waals surface area contributed by atoms with Gasteiger partial charge in [0.25, 0.3) is 0 Å². The third-order valence-electron chi connectivity index (χ3n) is 4.69. The minimum atomic E-state index is -0.0331. The van der Waals surface area contributed by atoms with Crippen molar-refractivity contribution in [3.8, 4) is 5.75 Å². The summed E-state index contributed by atoms with van der Waals surface area (Å²) in [5.74, 6) is 0.895. The second-order valence-corrected chi connectivity index (χ2v) is 6.70. The molecule has 0 aromatic heterocycles. The first kappa shape index (κ1) is 14.0. The summed E-state index contributed by atoms with van der Waals surface area (Å²) in [6.45, 7) is 9.19. The van der Waals surface area contributed by atoms with Crippen molar-refractivity contribution in [2.24, 2.45) is 0 Å². The van der Waals surface area contributed by atoms with Gasteiger partial charge in [0.2, 0.25) is 0 Å². The summed E-state index contributed by atoms with van der Waals surface area (Å²) in [5.41, 5.74) is 3.97. The molecule has 0 saturated carbocycles. The lowest BCUT2D eigenvalue weighted by Gasteiger charge is -2.43. The third kappa shape index (κ3) is 1.93. The Morgan fingerprint density at radius 1 is 0.762 bits per heavy atom. The minimum absolute atomic E-state index is 0.0331. The maximum absolute atomic E-state index is 5.28. The number of hydrogen-bond acceptors (Lipinski definition) is 2. The Labute approximate surface area is 127 Å². The number of hydrogen-bond donors (Lipinski definition) is 0. The summed E-state index contributed by atoms with van der Waals surface area (Å²) in [6, 6.07) is 17.1. The van der Waals surface area contributed by atoms with E-state index in [-0.39, 0.29) is 11.1 Å². The standard InChI is InChI=1S/C19H23NO/c1-18(2)16-8-6-7-9-17(16)19(3,4)20(18)14-10-12-15(21-5)13-11-14/h6-13H,1-5H3. The first-order valence-electron chi connectivity index (χ1n) is 7.43. The molecule has 0 N–H and O–H groups in total. The molecule has 2 aromatic rings. The molecule has 1 aliphatic heterocycles. The Kier molecular flexibility index (Phi) is 3.01. The van der Waals surface area contributed by atoms with Gasteiger partial charge in [0.1, 0.15) is 5.75 Å². The summed E-state index contributed by atoms with van der Waals surface area (Å²) < 4.78 is 5.28. The fraction of sp³-hybridized carbons (Fsp3) is 0.368. The van der Waals surface area contributed by atoms with Crippen molar-refractivity contribution in [2.75, 3.05) is 12.0 Å². The van der Waals surface area contributed by atoms with Gasteiger partial charge in [-0.3, -0.25) is 0 Å². The number of ether oxygens (including phenoxy) is 1. The highest BCUT2D eigenvalue weighted by atomic mass is 16.5. The van der Waals surface area contributed by atoms with E-state index in [1.165, 1.54) is 16.8 Å². The Morgan fingerprint density at radius 2 is 1.24 bits per heavy atom. The van der Waals surface area contributed by atoms with E-state index >= 15 is 0 Å². The highest BCUT2D eigenvalue weighted by Gasteiger charge is 2.48. The number of methoxy groups -OCH3 is 1. The highest BCUT2D eigenvalue weighted by Crippen LogP contribution is 2.51. The molecule has 0 atom stereocenters. The predicted molar refractivity (Wildman–Crippen MR) is 88.0 cm³/mol. The Morgan fingerprint density at radius 3 is 1.67 bits per heavy atom. The maximum Gasteiger partial charge on any atom is 0.119 e. The lowest BCUT2D eigenvalue weighted by atomic mass is 9.91. The molecule has 0 amide bonds. The average molecular weight is 281 g/mol. The molecule has 2 nitrogen and oxygen atoms in total. The van der Waals surface area contributed by atoms with Gasteiger partial charge in [-0.25, -0.2) is 0 Å². The molecule has 0 bridgehead atoms. The van der Waals surface area contributed by atoms with Crippen molar-refractivity contribution < 1.29 is 4.74 Å². The van der Waals surface area contributed by atoms with E-state index in [0.717, 1.165) is 5.75 Å². The molecule has 0 saturated heterocycles. The van der Waals surface area contributed by atoms with Gasteiger partial charge in [-0.1, -0.05) is 24.3 Å². The number of benzene rings is 2. The van der Waals surface area contributed by atoms with Gasteiger partial charge < -0.3 is 9.64 Å². The van der Waals surface area contributed by atoms with Crippen LogP contribution in [0.15, 0.2) is 48.5 Å². The maximum atomic E-state index is 5.28. The second kappa shape index (κ2) is 4.52. The molecule has 2 aromatic carbocycles. The fourth-order valence-electron chi connectivity index (χ4n) is 3.87. The third-order valence-corrected chi connectivity index (χ3v) is 4.69. The first-order chi connectivity index (χ1) is 9.89. The second-order valence-electron chi connectivity index (χ2n) is 6.70. The zero-order valence-electron chi connectivity index (χ0n) is 13.5. The van der Waals surface area contributed by atoms with Crippen molar-refractivity contribution in [2.45, 2.75) is 38.8 Å². The molecule has 1 aliphatic rings. The normalized spacial score (nSPS) is 18.4. The van der Waals surface area contributed by atoms with Crippen LogP contribution in [0.25, 0.3) is 0 Å². The molecule has 3 rings (SSSR count). The van der Waals surface area contributed by atoms with Gasteiger partial charge in [0.15, 0.2) is 0 Å². The predicted octanol–water partition coefficient (Wildman–Crippen LogP) is 4.69. The first-order valence-corrected chi connectivity index (χ1v) is 7.43. The molecule has 110 valence electrons. The van der Waals surface area contributed by atoms with Crippen molar-refractivity contribution in [3.05, 3.63) is 59.7 Å². The van der Waals surface area contributed by atoms with Gasteiger partial charge in [0, 0.05) is 5.69 Å². The van der Waals surface area contributed by atoms with Crippen LogP contribution in [-0.4, -0.2) is 7.11 Å². The number of anilines is 1. The Balaban J connectivity index is 2.14. The smallest absolute Gasteiger partial charge is 0.119 e. The largest absolute Gasteiger partial charge is 0.497 e. The van der Waals surface area contributed by atoms with Crippen LogP contribution in [0, 0.1) is 0 Å². The van der Waals surface area contributed by atoms with Crippen LogP contribution in [0.1, 0.15) is 38.8 Å². The summed E-state index contributed by atoms with van der Waals surface area (Å²) >= 11 is 0. The van der Waals surface area contributed by atoms with Gasteiger partial charge in [-0.15, -0.1) is 0 Å².